The molecule has 0 aliphatic carbocycles. The number of aliphatic carboxylic acids is 1. The predicted octanol–water partition coefficient (Wildman–Crippen LogP) is 1.57. The number of nitrogens with zero attached hydrogens (tertiary/aromatic N) is 1. The number of nitrogens with one attached hydrogen (secondary N) is 1. The van der Waals surface area contributed by atoms with E-state index in [0.717, 1.165) is 5.06 Å². The van der Waals surface area contributed by atoms with Crippen molar-refractivity contribution in [3.63, 3.8) is 0 Å². The Hall–Kier alpha value is -1.34. The molecule has 11 nitrogen and oxygen atoms in total. The minimum Gasteiger partial charge on any atom is -0.784 e. The predicted molar refractivity (Wildman–Crippen MR) is 125 cm³/mol. The van der Waals surface area contributed by atoms with Gasteiger partial charge in [-0.2, -0.15) is 0 Å². The summed E-state index contributed by atoms with van der Waals surface area (Å²) in [4.78, 5) is 22.5. The smallest absolute Gasteiger partial charge is 0.305 e. The van der Waals surface area contributed by atoms with E-state index >= 15 is 0 Å². The molecule has 1 aliphatic heterocycles. The van der Waals surface area contributed by atoms with Gasteiger partial charge in [-0.1, -0.05) is 0 Å². The maximum absolute atomic E-state index is 12.4. The Morgan fingerprint density at radius 1 is 0.765 bits per heavy atom. The van der Waals surface area contributed by atoms with Gasteiger partial charge < -0.3 is 44.4 Å². The van der Waals surface area contributed by atoms with Crippen molar-refractivity contribution >= 4 is 11.9 Å². The van der Waals surface area contributed by atoms with E-state index in [1.165, 1.54) is 0 Å². The molecule has 0 aromatic heterocycles. The summed E-state index contributed by atoms with van der Waals surface area (Å²) in [5.41, 5.74) is -1.02. The monoisotopic (exact) mass is 491 g/mol. The molecule has 11 heteroatoms. The highest BCUT2D eigenvalue weighted by molar-refractivity contribution is 5.76. The lowest BCUT2D eigenvalue weighted by molar-refractivity contribution is -0.138. The largest absolute Gasteiger partial charge is 0.784 e. The zero-order valence-corrected chi connectivity index (χ0v) is 21.1. The third kappa shape index (κ3) is 13.5. The molecule has 2 N–H and O–H groups in total. The van der Waals surface area contributed by atoms with Crippen molar-refractivity contribution in [1.82, 2.24) is 10.4 Å². The van der Waals surface area contributed by atoms with Gasteiger partial charge in [0.15, 0.2) is 0 Å². The van der Waals surface area contributed by atoms with E-state index < -0.39 is 17.0 Å². The third-order valence-electron chi connectivity index (χ3n) is 5.38. The SMILES string of the molecule is CC1(C)CC(NC(=O)CCOCCOCCOCCOCCOCCC(=O)O)CC(C)(C)N1[O-]. The summed E-state index contributed by atoms with van der Waals surface area (Å²) in [6.45, 7) is 11.4. The van der Waals surface area contributed by atoms with E-state index in [4.69, 9.17) is 28.8 Å². The summed E-state index contributed by atoms with van der Waals surface area (Å²) in [7, 11) is 0. The number of hydrogen-bond acceptors (Lipinski definition) is 9. The van der Waals surface area contributed by atoms with Crippen LogP contribution in [0.15, 0.2) is 0 Å². The average molecular weight is 492 g/mol. The maximum Gasteiger partial charge on any atom is 0.305 e. The third-order valence-corrected chi connectivity index (χ3v) is 5.38. The number of carboxylic acids is 1. The van der Waals surface area contributed by atoms with Crippen LogP contribution in [0.1, 0.15) is 53.4 Å². The lowest BCUT2D eigenvalue weighted by Gasteiger charge is -2.60. The highest BCUT2D eigenvalue weighted by Gasteiger charge is 2.40. The zero-order chi connectivity index (χ0) is 25.5. The van der Waals surface area contributed by atoms with Gasteiger partial charge in [-0.05, 0) is 40.5 Å². The summed E-state index contributed by atoms with van der Waals surface area (Å²) in [5, 5.41) is 25.0. The summed E-state index contributed by atoms with van der Waals surface area (Å²) >= 11 is 0. The normalized spacial score (nSPS) is 18.1. The summed E-state index contributed by atoms with van der Waals surface area (Å²) < 4.78 is 26.6. The lowest BCUT2D eigenvalue weighted by atomic mass is 9.79. The van der Waals surface area contributed by atoms with E-state index in [1.807, 2.05) is 27.7 Å². The van der Waals surface area contributed by atoms with Crippen LogP contribution in [-0.2, 0) is 33.3 Å². The number of carbonyl (C=O) groups excluding carboxylic acids is 1. The Bertz CT molecular complexity index is 569. The summed E-state index contributed by atoms with van der Waals surface area (Å²) in [6.07, 6.45) is 1.51. The van der Waals surface area contributed by atoms with Crippen molar-refractivity contribution in [2.75, 3.05) is 66.1 Å². The number of ether oxygens (including phenoxy) is 5. The van der Waals surface area contributed by atoms with Crippen LogP contribution in [0.25, 0.3) is 0 Å². The molecule has 0 unspecified atom stereocenters. The summed E-state index contributed by atoms with van der Waals surface area (Å²) in [6, 6.07) is -0.0198. The first-order valence-electron chi connectivity index (χ1n) is 11.9. The number of carboxylic acid groups (broad SMARTS) is 1. The van der Waals surface area contributed by atoms with Crippen LogP contribution in [0, 0.1) is 5.21 Å². The van der Waals surface area contributed by atoms with E-state index in [-0.39, 0.29) is 31.4 Å². The highest BCUT2D eigenvalue weighted by Crippen LogP contribution is 2.37. The van der Waals surface area contributed by atoms with Crippen molar-refractivity contribution < 1.29 is 38.4 Å². The van der Waals surface area contributed by atoms with Gasteiger partial charge in [0.05, 0.1) is 72.5 Å². The molecule has 0 saturated carbocycles. The van der Waals surface area contributed by atoms with E-state index in [1.54, 1.807) is 0 Å². The van der Waals surface area contributed by atoms with Gasteiger partial charge >= 0.3 is 5.97 Å². The molecule has 1 saturated heterocycles. The van der Waals surface area contributed by atoms with Crippen molar-refractivity contribution in [1.29, 1.82) is 0 Å². The Kier molecular flexibility index (Phi) is 14.8. The number of rotatable bonds is 19. The van der Waals surface area contributed by atoms with Crippen molar-refractivity contribution in [2.24, 2.45) is 0 Å². The number of hydroxylamine groups is 2. The van der Waals surface area contributed by atoms with Crippen LogP contribution in [-0.4, -0.2) is 105 Å². The van der Waals surface area contributed by atoms with Gasteiger partial charge in [-0.25, -0.2) is 0 Å². The number of carbonyl (C=O) groups is 2. The van der Waals surface area contributed by atoms with Crippen molar-refractivity contribution in [3.05, 3.63) is 5.21 Å². The molecule has 0 aromatic carbocycles. The van der Waals surface area contributed by atoms with Crippen LogP contribution < -0.4 is 5.32 Å². The lowest BCUT2D eigenvalue weighted by Crippen LogP contribution is -2.61. The Morgan fingerprint density at radius 3 is 1.50 bits per heavy atom. The zero-order valence-electron chi connectivity index (χ0n) is 21.1. The van der Waals surface area contributed by atoms with Crippen LogP contribution in [0.5, 0.6) is 0 Å². The summed E-state index contributed by atoms with van der Waals surface area (Å²) in [5.74, 6) is -0.951. The van der Waals surface area contributed by atoms with Gasteiger partial charge in [0, 0.05) is 23.5 Å². The molecule has 34 heavy (non-hydrogen) atoms. The average Bonchev–Trinajstić information content (AvgIpc) is 2.73. The van der Waals surface area contributed by atoms with Crippen LogP contribution >= 0.6 is 0 Å². The number of hydrogen-bond donors (Lipinski definition) is 2. The molecular formula is C23H43N2O9-. The number of piperidine rings is 1. The van der Waals surface area contributed by atoms with E-state index in [9.17, 15) is 14.8 Å². The molecule has 0 radical (unpaired) electrons. The molecule has 1 rings (SSSR count). The molecule has 0 bridgehead atoms. The second kappa shape index (κ2) is 16.4. The first-order valence-corrected chi connectivity index (χ1v) is 11.9. The fourth-order valence-corrected chi connectivity index (χ4v) is 3.97. The molecule has 1 amide bonds. The first-order chi connectivity index (χ1) is 16.0. The van der Waals surface area contributed by atoms with Crippen molar-refractivity contribution in [2.45, 2.75) is 70.5 Å². The molecule has 0 atom stereocenters. The molecule has 200 valence electrons. The fourth-order valence-electron chi connectivity index (χ4n) is 3.97. The topological polar surface area (TPSA) is 139 Å². The molecule has 1 fully saturated rings. The second-order valence-electron chi connectivity index (χ2n) is 9.55. The van der Waals surface area contributed by atoms with E-state index in [2.05, 4.69) is 5.32 Å². The van der Waals surface area contributed by atoms with Gasteiger partial charge in [-0.15, -0.1) is 0 Å². The molecule has 1 heterocycles. The Labute approximate surface area is 203 Å². The standard InChI is InChI=1S/C23H43N2O9/c1-22(2)17-19(18-23(3,4)25(22)29)24-20(26)5-7-30-9-11-32-13-15-34-16-14-33-12-10-31-8-6-21(27)28/h19H,5-18H2,1-4H3,(H,24,26)(H,27,28)/q-1. The second-order valence-corrected chi connectivity index (χ2v) is 9.55. The van der Waals surface area contributed by atoms with Crippen molar-refractivity contribution in [3.8, 4) is 0 Å². The Balaban J connectivity index is 1.90. The van der Waals surface area contributed by atoms with Gasteiger partial charge in [0.2, 0.25) is 5.91 Å². The highest BCUT2D eigenvalue weighted by atomic mass is 16.6. The van der Waals surface area contributed by atoms with Gasteiger partial charge in [0.25, 0.3) is 0 Å². The minimum absolute atomic E-state index is 0.00937. The molecule has 0 spiro atoms. The molecular weight excluding hydrogens is 448 g/mol. The minimum atomic E-state index is -0.881. The Morgan fingerprint density at radius 2 is 1.12 bits per heavy atom. The fraction of sp³-hybridized carbons (Fsp3) is 0.913. The molecule has 1 aliphatic rings. The van der Waals surface area contributed by atoms with E-state index in [0.29, 0.717) is 72.3 Å². The van der Waals surface area contributed by atoms with Crippen LogP contribution in [0.3, 0.4) is 0 Å². The van der Waals surface area contributed by atoms with Crippen LogP contribution in [0.2, 0.25) is 0 Å². The van der Waals surface area contributed by atoms with Gasteiger partial charge in [0.1, 0.15) is 0 Å². The first kappa shape index (κ1) is 30.7. The number of amides is 1. The molecule has 0 aromatic rings. The maximum atomic E-state index is 12.4. The van der Waals surface area contributed by atoms with Crippen LogP contribution in [0.4, 0.5) is 0 Å². The van der Waals surface area contributed by atoms with Gasteiger partial charge in [-0.3, -0.25) is 9.59 Å². The quantitative estimate of drug-likeness (QED) is 0.256.